The highest BCUT2D eigenvalue weighted by molar-refractivity contribution is 7.99. The van der Waals surface area contributed by atoms with Crippen molar-refractivity contribution in [2.24, 2.45) is 7.05 Å². The van der Waals surface area contributed by atoms with Crippen molar-refractivity contribution in [3.8, 4) is 11.8 Å². The maximum Gasteiger partial charge on any atom is 0.235 e. The fraction of sp³-hybridized carbons (Fsp3) is 0.364. The van der Waals surface area contributed by atoms with Crippen molar-refractivity contribution >= 4 is 57.2 Å². The molecule has 0 aliphatic heterocycles. The molecular formula is C22H21Cl2N5O2S2. The predicted octanol–water partition coefficient (Wildman–Crippen LogP) is 5.63. The highest BCUT2D eigenvalue weighted by Gasteiger charge is 2.21. The fourth-order valence-electron chi connectivity index (χ4n) is 3.57. The summed E-state index contributed by atoms with van der Waals surface area (Å²) in [5, 5.41) is 23.0. The van der Waals surface area contributed by atoms with Crippen LogP contribution >= 0.6 is 46.3 Å². The Morgan fingerprint density at radius 2 is 2.12 bits per heavy atom. The smallest absolute Gasteiger partial charge is 0.235 e. The Morgan fingerprint density at radius 3 is 2.91 bits per heavy atom. The molecule has 0 fully saturated rings. The fourth-order valence-corrected chi connectivity index (χ4v) is 6.02. The lowest BCUT2D eigenvalue weighted by Crippen LogP contribution is -2.14. The van der Waals surface area contributed by atoms with E-state index in [2.05, 4.69) is 21.6 Å². The van der Waals surface area contributed by atoms with Gasteiger partial charge in [0.15, 0.2) is 11.0 Å². The van der Waals surface area contributed by atoms with Crippen molar-refractivity contribution in [3.05, 3.63) is 50.1 Å². The van der Waals surface area contributed by atoms with Crippen LogP contribution in [0, 0.1) is 11.3 Å². The number of thioether (sulfide) groups is 1. The number of nitrogens with zero attached hydrogens (tertiary/aromatic N) is 4. The first-order valence-electron chi connectivity index (χ1n) is 10.4. The van der Waals surface area contributed by atoms with Gasteiger partial charge in [-0.1, -0.05) is 41.4 Å². The summed E-state index contributed by atoms with van der Waals surface area (Å²) in [5.74, 6) is 1.07. The lowest BCUT2D eigenvalue weighted by Gasteiger charge is -2.08. The molecule has 1 aliphatic rings. The van der Waals surface area contributed by atoms with Crippen LogP contribution in [0.4, 0.5) is 5.00 Å². The number of aryl methyl sites for hydroxylation is 1. The molecule has 1 amide bonds. The van der Waals surface area contributed by atoms with Gasteiger partial charge >= 0.3 is 0 Å². The zero-order valence-corrected chi connectivity index (χ0v) is 21.0. The first-order chi connectivity index (χ1) is 16.0. The molecule has 3 aromatic rings. The van der Waals surface area contributed by atoms with Gasteiger partial charge in [0.05, 0.1) is 16.3 Å². The average Bonchev–Trinajstić information content (AvgIpc) is 3.20. The molecule has 7 nitrogen and oxygen atoms in total. The second-order valence-electron chi connectivity index (χ2n) is 7.54. The Morgan fingerprint density at radius 1 is 1.30 bits per heavy atom. The summed E-state index contributed by atoms with van der Waals surface area (Å²) in [6.45, 7) is 0.171. The number of thiophene rings is 1. The minimum absolute atomic E-state index is 0.156. The van der Waals surface area contributed by atoms with Crippen molar-refractivity contribution in [2.75, 3.05) is 11.1 Å². The third-order valence-electron chi connectivity index (χ3n) is 5.29. The number of nitriles is 1. The molecule has 0 bridgehead atoms. The third-order valence-corrected chi connectivity index (χ3v) is 8.05. The van der Waals surface area contributed by atoms with Crippen molar-refractivity contribution in [1.29, 1.82) is 5.26 Å². The maximum atomic E-state index is 12.6. The van der Waals surface area contributed by atoms with Gasteiger partial charge in [-0.15, -0.1) is 21.5 Å². The van der Waals surface area contributed by atoms with Gasteiger partial charge in [-0.2, -0.15) is 5.26 Å². The molecular weight excluding hydrogens is 501 g/mol. The van der Waals surface area contributed by atoms with Crippen molar-refractivity contribution in [1.82, 2.24) is 14.8 Å². The summed E-state index contributed by atoms with van der Waals surface area (Å²) in [6.07, 6.45) is 5.28. The van der Waals surface area contributed by atoms with Crippen LogP contribution in [0.25, 0.3) is 0 Å². The number of aromatic nitrogens is 3. The van der Waals surface area contributed by atoms with Gasteiger partial charge in [0, 0.05) is 16.9 Å². The van der Waals surface area contributed by atoms with E-state index < -0.39 is 0 Å². The molecule has 1 N–H and O–H groups in total. The van der Waals surface area contributed by atoms with E-state index in [0.29, 0.717) is 37.3 Å². The number of halogens is 2. The normalized spacial score (nSPS) is 13.2. The molecule has 33 heavy (non-hydrogen) atoms. The first-order valence-corrected chi connectivity index (χ1v) is 13.0. The summed E-state index contributed by atoms with van der Waals surface area (Å²) >= 11 is 14.8. The van der Waals surface area contributed by atoms with Gasteiger partial charge in [-0.25, -0.2) is 0 Å². The van der Waals surface area contributed by atoms with Crippen LogP contribution in [0.15, 0.2) is 23.4 Å². The molecule has 1 aliphatic carbocycles. The first kappa shape index (κ1) is 23.9. The number of fused-ring (bicyclic) bond motifs is 1. The van der Waals surface area contributed by atoms with Crippen LogP contribution in [0.3, 0.4) is 0 Å². The third kappa shape index (κ3) is 5.64. The lowest BCUT2D eigenvalue weighted by atomic mass is 10.1. The number of hydrogen-bond acceptors (Lipinski definition) is 7. The van der Waals surface area contributed by atoms with Crippen LogP contribution in [0.5, 0.6) is 5.75 Å². The molecule has 2 aromatic heterocycles. The Kier molecular flexibility index (Phi) is 7.81. The number of hydrogen-bond donors (Lipinski definition) is 1. The molecule has 0 spiro atoms. The van der Waals surface area contributed by atoms with E-state index in [0.717, 1.165) is 31.2 Å². The van der Waals surface area contributed by atoms with Gasteiger partial charge in [0.25, 0.3) is 0 Å². The van der Waals surface area contributed by atoms with Crippen LogP contribution < -0.4 is 10.1 Å². The minimum atomic E-state index is -0.179. The van der Waals surface area contributed by atoms with E-state index in [1.807, 2.05) is 7.05 Å². The molecule has 0 radical (unpaired) electrons. The van der Waals surface area contributed by atoms with Crippen LogP contribution in [-0.4, -0.2) is 26.4 Å². The van der Waals surface area contributed by atoms with E-state index in [1.54, 1.807) is 22.8 Å². The summed E-state index contributed by atoms with van der Waals surface area (Å²) in [6, 6.07) is 7.29. The number of nitrogens with one attached hydrogen (secondary N) is 1. The summed E-state index contributed by atoms with van der Waals surface area (Å²) < 4.78 is 7.49. The largest absolute Gasteiger partial charge is 0.484 e. The van der Waals surface area contributed by atoms with Gasteiger partial charge in [-0.05, 0) is 49.4 Å². The molecule has 172 valence electrons. The molecule has 0 saturated carbocycles. The number of carbonyl (C=O) groups is 1. The number of benzene rings is 1. The number of rotatable bonds is 7. The Bertz CT molecular complexity index is 1220. The molecule has 4 rings (SSSR count). The van der Waals surface area contributed by atoms with E-state index in [4.69, 9.17) is 27.9 Å². The Labute approximate surface area is 210 Å². The zero-order chi connectivity index (χ0) is 23.4. The molecule has 11 heteroatoms. The van der Waals surface area contributed by atoms with Crippen molar-refractivity contribution < 1.29 is 9.53 Å². The van der Waals surface area contributed by atoms with E-state index in [9.17, 15) is 10.1 Å². The average molecular weight is 522 g/mol. The van der Waals surface area contributed by atoms with Crippen molar-refractivity contribution in [2.45, 2.75) is 43.9 Å². The van der Waals surface area contributed by atoms with Crippen LogP contribution in [-0.2, 0) is 31.3 Å². The molecule has 2 heterocycles. The summed E-state index contributed by atoms with van der Waals surface area (Å²) in [4.78, 5) is 13.8. The number of amides is 1. The topological polar surface area (TPSA) is 92.8 Å². The zero-order valence-electron chi connectivity index (χ0n) is 17.9. The highest BCUT2D eigenvalue weighted by Crippen LogP contribution is 2.37. The summed E-state index contributed by atoms with van der Waals surface area (Å²) in [5.41, 5.74) is 1.73. The lowest BCUT2D eigenvalue weighted by molar-refractivity contribution is -0.113. The van der Waals surface area contributed by atoms with E-state index in [-0.39, 0.29) is 18.3 Å². The molecule has 1 aromatic carbocycles. The molecule has 0 atom stereocenters. The van der Waals surface area contributed by atoms with Gasteiger partial charge in [-0.3, -0.25) is 4.79 Å². The quantitative estimate of drug-likeness (QED) is 0.319. The highest BCUT2D eigenvalue weighted by atomic mass is 35.5. The Hall–Kier alpha value is -2.25. The van der Waals surface area contributed by atoms with Crippen LogP contribution in [0.1, 0.15) is 41.1 Å². The SMILES string of the molecule is Cn1c(COc2ccc(Cl)cc2Cl)nnc1SCC(=O)Nc1sc2c(c1C#N)CCCCC2. The minimum Gasteiger partial charge on any atom is -0.484 e. The van der Waals surface area contributed by atoms with Crippen molar-refractivity contribution in [3.63, 3.8) is 0 Å². The number of ether oxygens (including phenoxy) is 1. The standard InChI is InChI=1S/C22H21Cl2N5O2S2/c1-29-19(11-31-17-8-7-13(23)9-16(17)24)27-28-22(29)32-12-20(30)26-21-15(10-25)14-5-3-2-4-6-18(14)33-21/h7-9H,2-6,11-12H2,1H3,(H,26,30). The number of anilines is 1. The molecule has 0 unspecified atom stereocenters. The second kappa shape index (κ2) is 10.8. The van der Waals surface area contributed by atoms with Gasteiger partial charge < -0.3 is 14.6 Å². The van der Waals surface area contributed by atoms with Crippen LogP contribution in [0.2, 0.25) is 10.0 Å². The predicted molar refractivity (Wildman–Crippen MR) is 131 cm³/mol. The molecule has 0 saturated heterocycles. The van der Waals surface area contributed by atoms with E-state index >= 15 is 0 Å². The van der Waals surface area contributed by atoms with Gasteiger partial charge in [0.2, 0.25) is 5.91 Å². The summed E-state index contributed by atoms with van der Waals surface area (Å²) in [7, 11) is 1.81. The Balaban J connectivity index is 1.35. The van der Waals surface area contributed by atoms with Gasteiger partial charge in [0.1, 0.15) is 23.4 Å². The monoisotopic (exact) mass is 521 g/mol. The number of carbonyl (C=O) groups excluding carboxylic acids is 1. The second-order valence-corrected chi connectivity index (χ2v) is 10.4. The van der Waals surface area contributed by atoms with E-state index in [1.165, 1.54) is 34.4 Å². The maximum absolute atomic E-state index is 12.6.